The van der Waals surface area contributed by atoms with Crippen LogP contribution in [0.15, 0.2) is 59.6 Å². The van der Waals surface area contributed by atoms with Crippen molar-refractivity contribution in [2.75, 3.05) is 6.26 Å². The number of aromatic nitrogens is 2. The molecular weight excluding hydrogens is 318 g/mol. The van der Waals surface area contributed by atoms with E-state index in [1.807, 2.05) is 54.3 Å². The third-order valence-electron chi connectivity index (χ3n) is 4.20. The molecule has 0 saturated carbocycles. The summed E-state index contributed by atoms with van der Waals surface area (Å²) in [6, 6.07) is 16.1. The summed E-state index contributed by atoms with van der Waals surface area (Å²) in [7, 11) is 0. The average molecular weight is 335 g/mol. The largest absolute Gasteiger partial charge is 0.623 e. The van der Waals surface area contributed by atoms with E-state index in [0.717, 1.165) is 38.0 Å². The van der Waals surface area contributed by atoms with Crippen LogP contribution >= 0.6 is 11.8 Å². The molecule has 24 heavy (non-hydrogen) atoms. The second-order valence-electron chi connectivity index (χ2n) is 5.80. The van der Waals surface area contributed by atoms with Gasteiger partial charge in [0.05, 0.1) is 16.9 Å². The Morgan fingerprint density at radius 2 is 1.96 bits per heavy atom. The van der Waals surface area contributed by atoms with E-state index in [-0.39, 0.29) is 6.54 Å². The topological polar surface area (TPSA) is 43.9 Å². The van der Waals surface area contributed by atoms with Gasteiger partial charge in [-0.3, -0.25) is 4.57 Å². The van der Waals surface area contributed by atoms with Crippen molar-refractivity contribution in [1.29, 1.82) is 0 Å². The van der Waals surface area contributed by atoms with E-state index in [1.54, 1.807) is 11.8 Å². The molecule has 0 unspecified atom stereocenters. The molecule has 3 aromatic rings. The maximum Gasteiger partial charge on any atom is 0.228 e. The van der Waals surface area contributed by atoms with Gasteiger partial charge in [-0.05, 0) is 43.5 Å². The van der Waals surface area contributed by atoms with Crippen LogP contribution in [0.5, 0.6) is 0 Å². The van der Waals surface area contributed by atoms with Crippen LogP contribution in [0.25, 0.3) is 5.69 Å². The molecule has 2 heterocycles. The molecule has 0 spiro atoms. The summed E-state index contributed by atoms with van der Waals surface area (Å²) < 4.78 is 3.10. The Morgan fingerprint density at radius 1 is 1.17 bits per heavy atom. The summed E-state index contributed by atoms with van der Waals surface area (Å²) in [5.41, 5.74) is 4.49. The van der Waals surface area contributed by atoms with Gasteiger partial charge in [-0.2, -0.15) is 4.74 Å². The molecule has 5 heteroatoms. The zero-order valence-corrected chi connectivity index (χ0v) is 14.4. The quantitative estimate of drug-likeness (QED) is 0.407. The van der Waals surface area contributed by atoms with Crippen LogP contribution in [0, 0.1) is 12.1 Å². The zero-order valence-electron chi connectivity index (χ0n) is 13.6. The van der Waals surface area contributed by atoms with Gasteiger partial charge in [0.15, 0.2) is 5.82 Å². The number of aryl methyl sites for hydroxylation is 1. The molecule has 0 N–H and O–H groups in total. The highest BCUT2D eigenvalue weighted by molar-refractivity contribution is 7.98. The minimum atomic E-state index is 0.237. The minimum Gasteiger partial charge on any atom is -0.623 e. The highest BCUT2D eigenvalue weighted by Crippen LogP contribution is 2.28. The van der Waals surface area contributed by atoms with Crippen molar-refractivity contribution in [3.63, 3.8) is 0 Å². The maximum atomic E-state index is 13.0. The van der Waals surface area contributed by atoms with Crippen molar-refractivity contribution in [2.45, 2.75) is 18.4 Å². The highest BCUT2D eigenvalue weighted by Gasteiger charge is 2.27. The summed E-state index contributed by atoms with van der Waals surface area (Å²) in [4.78, 5) is 5.67. The fraction of sp³-hybridized carbons (Fsp3) is 0.158. The first-order chi connectivity index (χ1) is 11.7. The molecule has 0 bridgehead atoms. The van der Waals surface area contributed by atoms with E-state index in [9.17, 15) is 5.21 Å². The van der Waals surface area contributed by atoms with Crippen molar-refractivity contribution >= 4 is 17.5 Å². The monoisotopic (exact) mass is 335 g/mol. The van der Waals surface area contributed by atoms with Gasteiger partial charge in [0, 0.05) is 16.7 Å². The van der Waals surface area contributed by atoms with Crippen LogP contribution in [0.1, 0.15) is 22.6 Å². The first kappa shape index (κ1) is 15.0. The van der Waals surface area contributed by atoms with Gasteiger partial charge in [0.2, 0.25) is 12.3 Å². The Balaban J connectivity index is 2.04. The zero-order chi connectivity index (χ0) is 16.7. The number of hydrogen-bond donors (Lipinski definition) is 0. The summed E-state index contributed by atoms with van der Waals surface area (Å²) in [5.74, 6) is 0.770. The SMILES string of the molecule is CSc1ccc2c(c1)C(c1ccccc1)=[N+]([O-])Cc1nc(C)cn1-2. The maximum absolute atomic E-state index is 13.0. The summed E-state index contributed by atoms with van der Waals surface area (Å²) >= 11 is 1.67. The van der Waals surface area contributed by atoms with Crippen molar-refractivity contribution in [2.24, 2.45) is 0 Å². The van der Waals surface area contributed by atoms with E-state index >= 15 is 0 Å². The molecule has 2 aromatic carbocycles. The minimum absolute atomic E-state index is 0.237. The third-order valence-corrected chi connectivity index (χ3v) is 4.92. The number of nitrogens with zero attached hydrogens (tertiary/aromatic N) is 3. The van der Waals surface area contributed by atoms with E-state index in [4.69, 9.17) is 0 Å². The van der Waals surface area contributed by atoms with E-state index in [0.29, 0.717) is 5.71 Å². The Bertz CT molecular complexity index is 945. The van der Waals surface area contributed by atoms with Gasteiger partial charge >= 0.3 is 0 Å². The molecule has 4 rings (SSSR count). The molecule has 0 atom stereocenters. The first-order valence-electron chi connectivity index (χ1n) is 7.78. The van der Waals surface area contributed by atoms with Gasteiger partial charge in [-0.15, -0.1) is 11.8 Å². The molecular formula is C19H17N3OS. The average Bonchev–Trinajstić information content (AvgIpc) is 2.91. The van der Waals surface area contributed by atoms with Crippen LogP contribution in [-0.4, -0.2) is 26.3 Å². The lowest BCUT2D eigenvalue weighted by Crippen LogP contribution is -2.17. The van der Waals surface area contributed by atoms with Crippen LogP contribution in [-0.2, 0) is 6.54 Å². The molecule has 4 nitrogen and oxygen atoms in total. The Morgan fingerprint density at radius 3 is 2.71 bits per heavy atom. The summed E-state index contributed by atoms with van der Waals surface area (Å²) in [5, 5.41) is 13.0. The molecule has 1 aliphatic rings. The fourth-order valence-electron chi connectivity index (χ4n) is 3.15. The second kappa shape index (κ2) is 5.83. The normalized spacial score (nSPS) is 13.4. The molecule has 0 fully saturated rings. The summed E-state index contributed by atoms with van der Waals surface area (Å²) in [6.45, 7) is 2.19. The van der Waals surface area contributed by atoms with E-state index in [1.165, 1.54) is 0 Å². The van der Waals surface area contributed by atoms with Gasteiger partial charge < -0.3 is 5.21 Å². The number of thioether (sulfide) groups is 1. The number of imidazole rings is 1. The lowest BCUT2D eigenvalue weighted by atomic mass is 10.0. The van der Waals surface area contributed by atoms with Crippen molar-refractivity contribution in [3.05, 3.63) is 82.6 Å². The molecule has 0 aliphatic carbocycles. The number of hydroxylamine groups is 1. The smallest absolute Gasteiger partial charge is 0.228 e. The third kappa shape index (κ3) is 2.41. The van der Waals surface area contributed by atoms with Gasteiger partial charge in [-0.1, -0.05) is 18.2 Å². The summed E-state index contributed by atoms with van der Waals surface area (Å²) in [6.07, 6.45) is 4.04. The van der Waals surface area contributed by atoms with Crippen LogP contribution in [0.4, 0.5) is 0 Å². The van der Waals surface area contributed by atoms with E-state index in [2.05, 4.69) is 23.2 Å². The van der Waals surface area contributed by atoms with Gasteiger partial charge in [-0.25, -0.2) is 4.98 Å². The van der Waals surface area contributed by atoms with E-state index < -0.39 is 0 Å². The Labute approximate surface area is 145 Å². The number of benzene rings is 2. The van der Waals surface area contributed by atoms with Crippen molar-refractivity contribution < 1.29 is 4.74 Å². The highest BCUT2D eigenvalue weighted by atomic mass is 32.2. The predicted molar refractivity (Wildman–Crippen MR) is 97.1 cm³/mol. The second-order valence-corrected chi connectivity index (χ2v) is 6.68. The van der Waals surface area contributed by atoms with Crippen molar-refractivity contribution in [3.8, 4) is 5.69 Å². The Kier molecular flexibility index (Phi) is 3.65. The number of fused-ring (bicyclic) bond motifs is 3. The fourth-order valence-corrected chi connectivity index (χ4v) is 3.59. The molecule has 1 aromatic heterocycles. The molecule has 1 aliphatic heterocycles. The predicted octanol–water partition coefficient (Wildman–Crippen LogP) is 3.76. The molecule has 0 amide bonds. The Hall–Kier alpha value is -2.53. The van der Waals surface area contributed by atoms with Gasteiger partial charge in [0.1, 0.15) is 0 Å². The standard InChI is InChI=1S/C19H17N3OS/c1-13-11-21-17-9-8-15(24-2)10-16(17)19(14-6-4-3-5-7-14)22(23)12-18(21)20-13/h3-11H,12H2,1-2H3. The van der Waals surface area contributed by atoms with Crippen LogP contribution in [0.3, 0.4) is 0 Å². The van der Waals surface area contributed by atoms with Gasteiger partial charge in [0.25, 0.3) is 0 Å². The van der Waals surface area contributed by atoms with Crippen LogP contribution < -0.4 is 0 Å². The molecule has 120 valence electrons. The first-order valence-corrected chi connectivity index (χ1v) is 9.00. The van der Waals surface area contributed by atoms with Crippen molar-refractivity contribution in [1.82, 2.24) is 9.55 Å². The molecule has 0 saturated heterocycles. The lowest BCUT2D eigenvalue weighted by molar-refractivity contribution is -0.475. The molecule has 0 radical (unpaired) electrons. The number of rotatable bonds is 2. The number of hydrogen-bond acceptors (Lipinski definition) is 3. The lowest BCUT2D eigenvalue weighted by Gasteiger charge is -2.12. The van der Waals surface area contributed by atoms with Crippen LogP contribution in [0.2, 0.25) is 0 Å².